The summed E-state index contributed by atoms with van der Waals surface area (Å²) in [6.45, 7) is 0. The van der Waals surface area contributed by atoms with Crippen LogP contribution in [0.5, 0.6) is 0 Å². The molecular formula is C15H8F9N3O3. The van der Waals surface area contributed by atoms with Crippen LogP contribution in [0.25, 0.3) is 0 Å². The largest absolute Gasteiger partial charge is 0.445 e. The summed E-state index contributed by atoms with van der Waals surface area (Å²) in [4.78, 5) is 5.28. The van der Waals surface area contributed by atoms with Crippen molar-refractivity contribution < 1.29 is 54.1 Å². The predicted molar refractivity (Wildman–Crippen MR) is 74.8 cm³/mol. The maximum absolute atomic E-state index is 12.9. The Morgan fingerprint density at radius 2 is 1.27 bits per heavy atom. The van der Waals surface area contributed by atoms with Crippen molar-refractivity contribution in [1.29, 1.82) is 5.26 Å². The van der Waals surface area contributed by atoms with E-state index in [1.807, 2.05) is 0 Å². The molecule has 0 aromatic carbocycles. The zero-order valence-corrected chi connectivity index (χ0v) is 14.0. The van der Waals surface area contributed by atoms with E-state index in [0.717, 1.165) is 0 Å². The van der Waals surface area contributed by atoms with Crippen molar-refractivity contribution in [2.45, 2.75) is 30.7 Å². The van der Waals surface area contributed by atoms with E-state index in [2.05, 4.69) is 14.4 Å². The Labute approximate surface area is 160 Å². The molecule has 3 atom stereocenters. The van der Waals surface area contributed by atoms with Crippen LogP contribution in [0.4, 0.5) is 39.5 Å². The minimum Gasteiger partial charge on any atom is -0.445 e. The van der Waals surface area contributed by atoms with Crippen LogP contribution in [0.1, 0.15) is 40.7 Å². The second-order valence-electron chi connectivity index (χ2n) is 5.78. The molecule has 0 amide bonds. The van der Waals surface area contributed by atoms with Crippen LogP contribution in [0.15, 0.2) is 22.8 Å². The van der Waals surface area contributed by atoms with Gasteiger partial charge in [-0.05, 0) is 17.7 Å². The molecule has 2 aromatic heterocycles. The lowest BCUT2D eigenvalue weighted by atomic mass is 9.91. The molecular weight excluding hydrogens is 441 g/mol. The van der Waals surface area contributed by atoms with Gasteiger partial charge in [-0.2, -0.15) is 44.8 Å². The lowest BCUT2D eigenvalue weighted by molar-refractivity contribution is -0.150. The molecule has 164 valence electrons. The van der Waals surface area contributed by atoms with E-state index in [-0.39, 0.29) is 18.4 Å². The van der Waals surface area contributed by atoms with Crippen molar-refractivity contribution in [3.05, 3.63) is 46.9 Å². The van der Waals surface area contributed by atoms with Gasteiger partial charge in [0.25, 0.3) is 0 Å². The van der Waals surface area contributed by atoms with E-state index in [0.29, 0.717) is 0 Å². The Morgan fingerprint density at radius 1 is 0.800 bits per heavy atom. The Balaban J connectivity index is 2.47. The number of hydrogen-bond acceptors (Lipinski definition) is 6. The third-order valence-corrected chi connectivity index (χ3v) is 3.66. The first kappa shape index (κ1) is 23.4. The summed E-state index contributed by atoms with van der Waals surface area (Å²) in [5.74, 6) is -3.37. The van der Waals surface area contributed by atoms with Crippen molar-refractivity contribution >= 4 is 0 Å². The van der Waals surface area contributed by atoms with Crippen molar-refractivity contribution in [2.24, 2.45) is 5.92 Å². The summed E-state index contributed by atoms with van der Waals surface area (Å²) in [7, 11) is 0. The Kier molecular flexibility index (Phi) is 6.06. The van der Waals surface area contributed by atoms with Gasteiger partial charge in [0, 0.05) is 0 Å². The van der Waals surface area contributed by atoms with Crippen LogP contribution in [0, 0.1) is 17.2 Å². The average Bonchev–Trinajstić information content (AvgIpc) is 3.10. The molecule has 15 heteroatoms. The van der Waals surface area contributed by atoms with E-state index < -0.39 is 65.2 Å². The van der Waals surface area contributed by atoms with Gasteiger partial charge in [0.15, 0.2) is 5.69 Å². The predicted octanol–water partition coefficient (Wildman–Crippen LogP) is 4.03. The minimum absolute atomic E-state index is 0.00761. The highest BCUT2D eigenvalue weighted by atomic mass is 19.4. The average molecular weight is 449 g/mol. The molecule has 0 spiro atoms. The van der Waals surface area contributed by atoms with Gasteiger partial charge in [0.1, 0.15) is 29.7 Å². The Hall–Kier alpha value is -2.86. The number of alkyl halides is 9. The van der Waals surface area contributed by atoms with Gasteiger partial charge in [-0.3, -0.25) is 0 Å². The van der Waals surface area contributed by atoms with Gasteiger partial charge in [-0.25, -0.2) is 9.97 Å². The minimum atomic E-state index is -5.36. The summed E-state index contributed by atoms with van der Waals surface area (Å²) < 4.78 is 119. The second-order valence-corrected chi connectivity index (χ2v) is 5.78. The summed E-state index contributed by atoms with van der Waals surface area (Å²) in [5.41, 5.74) is -6.83. The van der Waals surface area contributed by atoms with E-state index >= 15 is 0 Å². The fraction of sp³-hybridized carbons (Fsp3) is 0.400. The van der Waals surface area contributed by atoms with Crippen LogP contribution >= 0.6 is 0 Å². The first-order chi connectivity index (χ1) is 13.6. The van der Waals surface area contributed by atoms with Crippen molar-refractivity contribution in [3.8, 4) is 6.07 Å². The molecule has 0 saturated carbocycles. The molecule has 2 heterocycles. The van der Waals surface area contributed by atoms with Crippen LogP contribution < -0.4 is 0 Å². The highest BCUT2D eigenvalue weighted by molar-refractivity contribution is 5.28. The van der Waals surface area contributed by atoms with E-state index in [1.165, 1.54) is 6.07 Å². The summed E-state index contributed by atoms with van der Waals surface area (Å²) >= 11 is 0. The van der Waals surface area contributed by atoms with Gasteiger partial charge >= 0.3 is 18.5 Å². The normalized spacial score (nSPS) is 16.1. The number of aliphatic hydroxyl groups excluding tert-OH is 2. The molecule has 2 N–H and O–H groups in total. The SMILES string of the molecule is N#CC(C(O)c1cc(C(F)(F)F)nc(C(F)(F)F)c1)C(O)c1nc(C(F)(F)F)co1. The van der Waals surface area contributed by atoms with E-state index in [9.17, 15) is 49.7 Å². The molecule has 3 unspecified atom stereocenters. The van der Waals surface area contributed by atoms with Gasteiger partial charge in [0.2, 0.25) is 5.89 Å². The monoisotopic (exact) mass is 449 g/mol. The lowest BCUT2D eigenvalue weighted by Gasteiger charge is -2.22. The summed E-state index contributed by atoms with van der Waals surface area (Å²) in [6, 6.07) is 1.21. The number of rotatable bonds is 4. The number of nitriles is 1. The molecule has 0 aliphatic heterocycles. The molecule has 0 aliphatic rings. The standard InChI is InChI=1S/C15H8F9N3O3/c16-13(17,18)7-1-5(2-8(26-7)14(19,20)21)10(28)6(3-25)11(29)12-27-9(4-30-12)15(22,23)24/h1-2,4,6,10-11,28-29H. The summed E-state index contributed by atoms with van der Waals surface area (Å²) in [5, 5.41) is 29.2. The number of oxazole rings is 1. The fourth-order valence-electron chi connectivity index (χ4n) is 2.24. The smallest absolute Gasteiger partial charge is 0.436 e. The maximum atomic E-state index is 12.9. The van der Waals surface area contributed by atoms with E-state index in [1.54, 1.807) is 0 Å². The number of aromatic nitrogens is 2. The quantitative estimate of drug-likeness (QED) is 0.684. The van der Waals surface area contributed by atoms with Crippen LogP contribution in [-0.2, 0) is 18.5 Å². The Morgan fingerprint density at radius 3 is 1.63 bits per heavy atom. The topological polar surface area (TPSA) is 103 Å². The molecule has 30 heavy (non-hydrogen) atoms. The first-order valence-corrected chi connectivity index (χ1v) is 7.50. The molecule has 0 saturated heterocycles. The molecule has 2 rings (SSSR count). The number of hydrogen-bond donors (Lipinski definition) is 2. The third kappa shape index (κ3) is 5.00. The first-order valence-electron chi connectivity index (χ1n) is 7.50. The highest BCUT2D eigenvalue weighted by Crippen LogP contribution is 2.39. The van der Waals surface area contributed by atoms with Gasteiger partial charge in [-0.1, -0.05) is 0 Å². The Bertz CT molecular complexity index is 912. The van der Waals surface area contributed by atoms with E-state index in [4.69, 9.17) is 5.26 Å². The van der Waals surface area contributed by atoms with Crippen LogP contribution in [0.2, 0.25) is 0 Å². The van der Waals surface area contributed by atoms with Crippen molar-refractivity contribution in [1.82, 2.24) is 9.97 Å². The maximum Gasteiger partial charge on any atom is 0.436 e. The molecule has 2 aromatic rings. The van der Waals surface area contributed by atoms with Crippen LogP contribution in [-0.4, -0.2) is 20.2 Å². The highest BCUT2D eigenvalue weighted by Gasteiger charge is 2.42. The summed E-state index contributed by atoms with van der Waals surface area (Å²) in [6.07, 6.45) is -20.6. The second kappa shape index (κ2) is 7.76. The van der Waals surface area contributed by atoms with Crippen LogP contribution in [0.3, 0.4) is 0 Å². The van der Waals surface area contributed by atoms with Gasteiger partial charge in [0.05, 0.1) is 12.2 Å². The number of aliphatic hydroxyl groups is 2. The number of halogens is 9. The van der Waals surface area contributed by atoms with Crippen molar-refractivity contribution in [3.63, 3.8) is 0 Å². The molecule has 0 aliphatic carbocycles. The van der Waals surface area contributed by atoms with Gasteiger partial charge < -0.3 is 14.6 Å². The number of pyridine rings is 1. The molecule has 6 nitrogen and oxygen atoms in total. The van der Waals surface area contributed by atoms with Gasteiger partial charge in [-0.15, -0.1) is 0 Å². The molecule has 0 radical (unpaired) electrons. The molecule has 0 fully saturated rings. The zero-order chi connectivity index (χ0) is 23.1. The molecule has 0 bridgehead atoms. The number of nitrogens with zero attached hydrogens (tertiary/aromatic N) is 3. The third-order valence-electron chi connectivity index (χ3n) is 3.66. The lowest BCUT2D eigenvalue weighted by Crippen LogP contribution is -2.22. The fourth-order valence-corrected chi connectivity index (χ4v) is 2.24. The zero-order valence-electron chi connectivity index (χ0n) is 14.0. The van der Waals surface area contributed by atoms with Crippen molar-refractivity contribution in [2.75, 3.05) is 0 Å².